The summed E-state index contributed by atoms with van der Waals surface area (Å²) in [6, 6.07) is 14.4. The molecule has 2 N–H and O–H groups in total. The first-order chi connectivity index (χ1) is 10.2. The first-order valence-electron chi connectivity index (χ1n) is 7.65. The fourth-order valence-electron chi connectivity index (χ4n) is 2.99. The molecule has 0 saturated heterocycles. The molecule has 1 aliphatic rings. The first kappa shape index (κ1) is 14.5. The Kier molecular flexibility index (Phi) is 4.24. The molecule has 2 aromatic carbocycles. The van der Waals surface area contributed by atoms with Crippen molar-refractivity contribution in [3.63, 3.8) is 0 Å². The number of hydrogen-bond donors (Lipinski definition) is 2. The summed E-state index contributed by atoms with van der Waals surface area (Å²) in [5.41, 5.74) is 0.963. The number of fused-ring (bicyclic) bond motifs is 1. The van der Waals surface area contributed by atoms with E-state index in [-0.39, 0.29) is 5.60 Å². The van der Waals surface area contributed by atoms with Crippen LogP contribution in [0.2, 0.25) is 0 Å². The summed E-state index contributed by atoms with van der Waals surface area (Å²) >= 11 is 0. The van der Waals surface area contributed by atoms with Crippen molar-refractivity contribution in [3.05, 3.63) is 48.0 Å². The average molecular weight is 285 g/mol. The maximum Gasteiger partial charge on any atom is 0.0914 e. The minimum atomic E-state index is -0.483. The fourth-order valence-corrected chi connectivity index (χ4v) is 2.99. The lowest BCUT2D eigenvalue weighted by molar-refractivity contribution is -0.0703. The summed E-state index contributed by atoms with van der Waals surface area (Å²) in [6.07, 6.45) is 2.98. The topological polar surface area (TPSA) is 41.5 Å². The largest absolute Gasteiger partial charge is 0.387 e. The lowest BCUT2D eigenvalue weighted by Crippen LogP contribution is -2.48. The van der Waals surface area contributed by atoms with Gasteiger partial charge in [-0.3, -0.25) is 0 Å². The smallest absolute Gasteiger partial charge is 0.0914 e. The van der Waals surface area contributed by atoms with Crippen molar-refractivity contribution in [2.24, 2.45) is 0 Å². The van der Waals surface area contributed by atoms with Gasteiger partial charge >= 0.3 is 0 Å². The van der Waals surface area contributed by atoms with Crippen molar-refractivity contribution in [3.8, 4) is 0 Å². The maximum absolute atomic E-state index is 10.3. The molecule has 3 rings (SSSR count). The van der Waals surface area contributed by atoms with Crippen LogP contribution in [0.1, 0.15) is 30.9 Å². The molecule has 0 amide bonds. The van der Waals surface area contributed by atoms with Gasteiger partial charge in [0.15, 0.2) is 0 Å². The van der Waals surface area contributed by atoms with Gasteiger partial charge in [-0.05, 0) is 41.7 Å². The van der Waals surface area contributed by atoms with Crippen LogP contribution in [0.15, 0.2) is 42.5 Å². The summed E-state index contributed by atoms with van der Waals surface area (Å²) in [7, 11) is 1.78. The quantitative estimate of drug-likeness (QED) is 0.857. The molecule has 21 heavy (non-hydrogen) atoms. The standard InChI is InChI=1S/C18H23NO2/c1-21-18(9-4-10-18)13-19-12-17(20)16-8-7-14-5-2-3-6-15(14)11-16/h2-3,5-8,11,17,19-20H,4,9-10,12-13H2,1H3. The number of hydrogen-bond acceptors (Lipinski definition) is 3. The van der Waals surface area contributed by atoms with Gasteiger partial charge in [0.25, 0.3) is 0 Å². The van der Waals surface area contributed by atoms with Crippen LogP contribution in [-0.4, -0.2) is 30.9 Å². The molecule has 1 saturated carbocycles. The van der Waals surface area contributed by atoms with Crippen LogP contribution >= 0.6 is 0 Å². The van der Waals surface area contributed by atoms with Gasteiger partial charge in [0.05, 0.1) is 11.7 Å². The molecule has 0 aliphatic heterocycles. The van der Waals surface area contributed by atoms with E-state index in [1.165, 1.54) is 17.2 Å². The van der Waals surface area contributed by atoms with E-state index >= 15 is 0 Å². The molecule has 1 atom stereocenters. The number of benzene rings is 2. The number of nitrogens with one attached hydrogen (secondary N) is 1. The zero-order valence-electron chi connectivity index (χ0n) is 12.5. The third-order valence-corrected chi connectivity index (χ3v) is 4.64. The Morgan fingerprint density at radius 2 is 1.95 bits per heavy atom. The van der Waals surface area contributed by atoms with Crippen molar-refractivity contribution in [2.75, 3.05) is 20.2 Å². The molecule has 0 bridgehead atoms. The predicted octanol–water partition coefficient (Wildman–Crippen LogP) is 3.03. The predicted molar refractivity (Wildman–Crippen MR) is 85.4 cm³/mol. The van der Waals surface area contributed by atoms with Crippen LogP contribution in [0.5, 0.6) is 0 Å². The Labute approximate surface area is 125 Å². The summed E-state index contributed by atoms with van der Waals surface area (Å²) in [4.78, 5) is 0. The van der Waals surface area contributed by atoms with Crippen LogP contribution in [-0.2, 0) is 4.74 Å². The molecule has 1 aliphatic carbocycles. The van der Waals surface area contributed by atoms with Crippen LogP contribution in [0.3, 0.4) is 0 Å². The monoisotopic (exact) mass is 285 g/mol. The van der Waals surface area contributed by atoms with Crippen LogP contribution < -0.4 is 5.32 Å². The molecule has 0 heterocycles. The van der Waals surface area contributed by atoms with E-state index in [1.54, 1.807) is 7.11 Å². The second-order valence-corrected chi connectivity index (χ2v) is 5.99. The molecule has 0 radical (unpaired) electrons. The number of methoxy groups -OCH3 is 1. The van der Waals surface area contributed by atoms with E-state index in [1.807, 2.05) is 18.2 Å². The number of aliphatic hydroxyl groups is 1. The van der Waals surface area contributed by atoms with Gasteiger partial charge in [-0.25, -0.2) is 0 Å². The first-order valence-corrected chi connectivity index (χ1v) is 7.65. The minimum absolute atomic E-state index is 0.00308. The molecule has 3 nitrogen and oxygen atoms in total. The molecule has 1 unspecified atom stereocenters. The minimum Gasteiger partial charge on any atom is -0.387 e. The van der Waals surface area contributed by atoms with Crippen molar-refractivity contribution in [1.29, 1.82) is 0 Å². The van der Waals surface area contributed by atoms with Crippen molar-refractivity contribution < 1.29 is 9.84 Å². The molecule has 0 spiro atoms. The van der Waals surface area contributed by atoms with Crippen LogP contribution in [0.4, 0.5) is 0 Å². The lowest BCUT2D eigenvalue weighted by atomic mass is 9.80. The van der Waals surface area contributed by atoms with E-state index in [0.717, 1.165) is 24.9 Å². The summed E-state index contributed by atoms with van der Waals surface area (Å²) < 4.78 is 5.57. The van der Waals surface area contributed by atoms with E-state index in [4.69, 9.17) is 4.74 Å². The Morgan fingerprint density at radius 3 is 2.62 bits per heavy atom. The Morgan fingerprint density at radius 1 is 1.19 bits per heavy atom. The van der Waals surface area contributed by atoms with Gasteiger partial charge in [-0.1, -0.05) is 36.4 Å². The second kappa shape index (κ2) is 6.14. The SMILES string of the molecule is COC1(CNCC(O)c2ccc3ccccc3c2)CCC1. The number of aliphatic hydroxyl groups excluding tert-OH is 1. The third kappa shape index (κ3) is 3.10. The van der Waals surface area contributed by atoms with Gasteiger partial charge in [0.1, 0.15) is 0 Å². The molecule has 3 heteroatoms. The molecular formula is C18H23NO2. The molecule has 112 valence electrons. The van der Waals surface area contributed by atoms with E-state index < -0.39 is 6.10 Å². The normalized spacial score (nSPS) is 18.4. The zero-order valence-corrected chi connectivity index (χ0v) is 12.5. The third-order valence-electron chi connectivity index (χ3n) is 4.64. The van der Waals surface area contributed by atoms with E-state index in [9.17, 15) is 5.11 Å². The molecule has 1 fully saturated rings. The van der Waals surface area contributed by atoms with Gasteiger partial charge in [-0.2, -0.15) is 0 Å². The van der Waals surface area contributed by atoms with E-state index in [0.29, 0.717) is 6.54 Å². The summed E-state index contributed by atoms with van der Waals surface area (Å²) in [6.45, 7) is 1.37. The zero-order chi connectivity index (χ0) is 14.7. The van der Waals surface area contributed by atoms with Crippen LogP contribution in [0.25, 0.3) is 10.8 Å². The Hall–Kier alpha value is -1.42. The lowest BCUT2D eigenvalue weighted by Gasteiger charge is -2.40. The Bertz CT molecular complexity index is 601. The molecule has 0 aromatic heterocycles. The maximum atomic E-state index is 10.3. The van der Waals surface area contributed by atoms with Gasteiger partial charge < -0.3 is 15.2 Å². The molecule has 2 aromatic rings. The highest BCUT2D eigenvalue weighted by Gasteiger charge is 2.36. The average Bonchev–Trinajstić information content (AvgIpc) is 2.49. The van der Waals surface area contributed by atoms with Gasteiger partial charge in [0.2, 0.25) is 0 Å². The van der Waals surface area contributed by atoms with Crippen LogP contribution in [0, 0.1) is 0 Å². The highest BCUT2D eigenvalue weighted by atomic mass is 16.5. The molecular weight excluding hydrogens is 262 g/mol. The fraction of sp³-hybridized carbons (Fsp3) is 0.444. The number of ether oxygens (including phenoxy) is 1. The highest BCUT2D eigenvalue weighted by Crippen LogP contribution is 2.34. The second-order valence-electron chi connectivity index (χ2n) is 5.99. The number of rotatable bonds is 6. The van der Waals surface area contributed by atoms with Gasteiger partial charge in [0, 0.05) is 20.2 Å². The van der Waals surface area contributed by atoms with Gasteiger partial charge in [-0.15, -0.1) is 0 Å². The summed E-state index contributed by atoms with van der Waals surface area (Å²) in [5, 5.41) is 16.1. The Balaban J connectivity index is 1.60. The summed E-state index contributed by atoms with van der Waals surface area (Å²) in [5.74, 6) is 0. The van der Waals surface area contributed by atoms with Crippen molar-refractivity contribution in [1.82, 2.24) is 5.32 Å². The highest BCUT2D eigenvalue weighted by molar-refractivity contribution is 5.83. The van der Waals surface area contributed by atoms with E-state index in [2.05, 4.69) is 29.6 Å². The van der Waals surface area contributed by atoms with Crippen molar-refractivity contribution in [2.45, 2.75) is 31.0 Å². The van der Waals surface area contributed by atoms with Crippen molar-refractivity contribution >= 4 is 10.8 Å².